The number of amides is 1. The molecule has 200 valence electrons. The van der Waals surface area contributed by atoms with Gasteiger partial charge in [-0.25, -0.2) is 0 Å². The minimum atomic E-state index is -0.772. The topological polar surface area (TPSA) is 101 Å². The van der Waals surface area contributed by atoms with E-state index in [1.54, 1.807) is 25.3 Å². The average molecular weight is 591 g/mol. The van der Waals surface area contributed by atoms with Crippen LogP contribution in [0, 0.1) is 0 Å². The number of hydrogen-bond acceptors (Lipinski definition) is 6. The number of benzene rings is 3. The number of aliphatic hydroxyl groups excluding tert-OH is 1. The maximum atomic E-state index is 13.4. The molecule has 2 heterocycles. The number of hydrogen-bond donors (Lipinski definition) is 2. The molecule has 3 aromatic carbocycles. The number of nitrogens with zero attached hydrogens (tertiary/aromatic N) is 1. The van der Waals surface area contributed by atoms with E-state index in [0.717, 1.165) is 26.7 Å². The molecule has 0 saturated carbocycles. The van der Waals surface area contributed by atoms with Crippen molar-refractivity contribution in [3.63, 3.8) is 0 Å². The Morgan fingerprint density at radius 3 is 2.38 bits per heavy atom. The highest BCUT2D eigenvalue weighted by molar-refractivity contribution is 9.10. The molecule has 0 aliphatic carbocycles. The summed E-state index contributed by atoms with van der Waals surface area (Å²) in [5.41, 5.74) is 3.01. The van der Waals surface area contributed by atoms with Gasteiger partial charge in [0.15, 0.2) is 11.5 Å². The number of fused-ring (bicyclic) bond motifs is 1. The van der Waals surface area contributed by atoms with Gasteiger partial charge >= 0.3 is 0 Å². The molecule has 39 heavy (non-hydrogen) atoms. The molecular weight excluding hydrogens is 564 g/mol. The van der Waals surface area contributed by atoms with E-state index in [9.17, 15) is 14.7 Å². The number of ketones is 1. The maximum Gasteiger partial charge on any atom is 0.295 e. The molecule has 9 heteroatoms. The van der Waals surface area contributed by atoms with Crippen LogP contribution in [0.3, 0.4) is 0 Å². The van der Waals surface area contributed by atoms with E-state index >= 15 is 0 Å². The number of aromatic amines is 1. The molecule has 2 N–H and O–H groups in total. The fraction of sp³-hybridized carbons (Fsp3) is 0.200. The number of aliphatic hydroxyl groups is 1. The van der Waals surface area contributed by atoms with Crippen molar-refractivity contribution in [2.45, 2.75) is 12.5 Å². The number of carbonyl (C=O) groups is 2. The third-order valence-electron chi connectivity index (χ3n) is 6.98. The monoisotopic (exact) mass is 590 g/mol. The van der Waals surface area contributed by atoms with Gasteiger partial charge in [0.1, 0.15) is 11.5 Å². The maximum absolute atomic E-state index is 13.4. The Kier molecular flexibility index (Phi) is 7.34. The number of methoxy groups -OCH3 is 3. The summed E-state index contributed by atoms with van der Waals surface area (Å²) >= 11 is 3.45. The summed E-state index contributed by atoms with van der Waals surface area (Å²) in [6, 6.07) is 17.2. The summed E-state index contributed by atoms with van der Waals surface area (Å²) in [6.07, 6.45) is 2.39. The first kappa shape index (κ1) is 26.4. The Bertz CT molecular complexity index is 1590. The Morgan fingerprint density at radius 2 is 1.69 bits per heavy atom. The fourth-order valence-corrected chi connectivity index (χ4v) is 5.24. The molecule has 4 aromatic rings. The lowest BCUT2D eigenvalue weighted by Crippen LogP contribution is -2.31. The van der Waals surface area contributed by atoms with Crippen LogP contribution in [0.25, 0.3) is 16.7 Å². The summed E-state index contributed by atoms with van der Waals surface area (Å²) in [4.78, 5) is 31.6. The second-order valence-corrected chi connectivity index (χ2v) is 10.0. The van der Waals surface area contributed by atoms with Crippen LogP contribution in [0.2, 0.25) is 0 Å². The van der Waals surface area contributed by atoms with Crippen molar-refractivity contribution < 1.29 is 28.9 Å². The van der Waals surface area contributed by atoms with E-state index in [4.69, 9.17) is 14.2 Å². The predicted octanol–water partition coefficient (Wildman–Crippen LogP) is 5.62. The number of rotatable bonds is 8. The molecule has 1 saturated heterocycles. The van der Waals surface area contributed by atoms with Crippen LogP contribution in [-0.4, -0.2) is 54.6 Å². The highest BCUT2D eigenvalue weighted by Crippen LogP contribution is 2.41. The first-order chi connectivity index (χ1) is 18.9. The highest BCUT2D eigenvalue weighted by Gasteiger charge is 2.46. The van der Waals surface area contributed by atoms with Crippen molar-refractivity contribution in [1.29, 1.82) is 0 Å². The second-order valence-electron chi connectivity index (χ2n) is 9.09. The largest absolute Gasteiger partial charge is 0.507 e. The Morgan fingerprint density at radius 1 is 0.949 bits per heavy atom. The number of Topliss-reactive ketones (excluding diaryl/α,β-unsaturated/α-hetero) is 1. The molecule has 1 aliphatic rings. The van der Waals surface area contributed by atoms with Crippen LogP contribution >= 0.6 is 15.9 Å². The van der Waals surface area contributed by atoms with E-state index < -0.39 is 17.7 Å². The second kappa shape index (κ2) is 10.9. The number of likely N-dealkylation sites (tertiary alicyclic amines) is 1. The van der Waals surface area contributed by atoms with Gasteiger partial charge in [-0.3, -0.25) is 9.59 Å². The van der Waals surface area contributed by atoms with Crippen LogP contribution in [-0.2, 0) is 16.0 Å². The highest BCUT2D eigenvalue weighted by atomic mass is 79.9. The third kappa shape index (κ3) is 4.85. The number of H-pyrrole nitrogens is 1. The van der Waals surface area contributed by atoms with E-state index in [0.29, 0.717) is 29.0 Å². The van der Waals surface area contributed by atoms with Crippen LogP contribution < -0.4 is 14.2 Å². The molecule has 0 radical (unpaired) electrons. The first-order valence-corrected chi connectivity index (χ1v) is 13.1. The van der Waals surface area contributed by atoms with Gasteiger partial charge < -0.3 is 29.2 Å². The molecular formula is C30H27BrN2O6. The summed E-state index contributed by atoms with van der Waals surface area (Å²) in [6.45, 7) is 0.262. The smallest absolute Gasteiger partial charge is 0.295 e. The van der Waals surface area contributed by atoms with E-state index in [-0.39, 0.29) is 17.9 Å². The SMILES string of the molecule is COc1ccc2[nH]cc(CCN3C(=O)C(=O)C(=C(O)c4ccc(OC)c(OC)c4)[C@@H]3c3ccc(Br)cc3)c2c1. The number of aromatic nitrogens is 1. The molecule has 0 spiro atoms. The summed E-state index contributed by atoms with van der Waals surface area (Å²) < 4.78 is 16.9. The molecule has 1 fully saturated rings. The van der Waals surface area contributed by atoms with E-state index in [1.165, 1.54) is 19.1 Å². The van der Waals surface area contributed by atoms with Crippen molar-refractivity contribution >= 4 is 44.3 Å². The van der Waals surface area contributed by atoms with Gasteiger partial charge in [-0.2, -0.15) is 0 Å². The first-order valence-electron chi connectivity index (χ1n) is 12.3. The van der Waals surface area contributed by atoms with Gasteiger partial charge in [-0.05, 0) is 66.1 Å². The van der Waals surface area contributed by atoms with Gasteiger partial charge in [-0.15, -0.1) is 0 Å². The standard InChI is InChI=1S/C30H27BrN2O6/c1-37-21-9-10-23-22(15-21)19(16-32-23)12-13-33-27(17-4-7-20(31)8-5-17)26(29(35)30(33)36)28(34)18-6-11-24(38-2)25(14-18)39-3/h4-11,14-16,27,32,34H,12-13H2,1-3H3/t27-/m0/s1. The van der Waals surface area contributed by atoms with Crippen LogP contribution in [0.15, 0.2) is 76.9 Å². The lowest BCUT2D eigenvalue weighted by atomic mass is 9.95. The van der Waals surface area contributed by atoms with Gasteiger partial charge in [-0.1, -0.05) is 28.1 Å². The third-order valence-corrected chi connectivity index (χ3v) is 7.51. The zero-order chi connectivity index (χ0) is 27.7. The molecule has 5 rings (SSSR count). The van der Waals surface area contributed by atoms with Crippen molar-refractivity contribution in [2.75, 3.05) is 27.9 Å². The zero-order valence-electron chi connectivity index (χ0n) is 21.7. The number of nitrogens with one attached hydrogen (secondary N) is 1. The fourth-order valence-electron chi connectivity index (χ4n) is 4.97. The van der Waals surface area contributed by atoms with Crippen LogP contribution in [0.1, 0.15) is 22.7 Å². The van der Waals surface area contributed by atoms with Gasteiger partial charge in [0.25, 0.3) is 11.7 Å². The Hall–Kier alpha value is -4.24. The van der Waals surface area contributed by atoms with Crippen molar-refractivity contribution in [3.05, 3.63) is 93.6 Å². The number of ether oxygens (including phenoxy) is 3. The zero-order valence-corrected chi connectivity index (χ0v) is 23.2. The molecule has 8 nitrogen and oxygen atoms in total. The van der Waals surface area contributed by atoms with Crippen molar-refractivity contribution in [1.82, 2.24) is 9.88 Å². The Labute approximate surface area is 233 Å². The predicted molar refractivity (Wildman–Crippen MR) is 151 cm³/mol. The lowest BCUT2D eigenvalue weighted by Gasteiger charge is -2.25. The molecule has 0 bridgehead atoms. The average Bonchev–Trinajstić information content (AvgIpc) is 3.48. The van der Waals surface area contributed by atoms with Crippen molar-refractivity contribution in [2.24, 2.45) is 0 Å². The quantitative estimate of drug-likeness (QED) is 0.157. The van der Waals surface area contributed by atoms with Gasteiger partial charge in [0.05, 0.1) is 32.9 Å². The normalized spacial score (nSPS) is 16.6. The van der Waals surface area contributed by atoms with Crippen molar-refractivity contribution in [3.8, 4) is 17.2 Å². The summed E-state index contributed by atoms with van der Waals surface area (Å²) in [5, 5.41) is 12.4. The van der Waals surface area contributed by atoms with E-state index in [2.05, 4.69) is 20.9 Å². The minimum Gasteiger partial charge on any atom is -0.507 e. The molecule has 1 amide bonds. The Balaban J connectivity index is 1.56. The summed E-state index contributed by atoms with van der Waals surface area (Å²) in [5.74, 6) is -0.0756. The molecule has 1 aromatic heterocycles. The van der Waals surface area contributed by atoms with Crippen LogP contribution in [0.4, 0.5) is 0 Å². The number of carbonyl (C=O) groups excluding carboxylic acids is 2. The molecule has 1 aliphatic heterocycles. The minimum absolute atomic E-state index is 0.0233. The molecule has 1 atom stereocenters. The van der Waals surface area contributed by atoms with Crippen LogP contribution in [0.5, 0.6) is 17.2 Å². The number of halogens is 1. The lowest BCUT2D eigenvalue weighted by molar-refractivity contribution is -0.139. The molecule has 0 unspecified atom stereocenters. The van der Waals surface area contributed by atoms with Gasteiger partial charge in [0, 0.05) is 33.7 Å². The van der Waals surface area contributed by atoms with E-state index in [1.807, 2.05) is 48.7 Å². The summed E-state index contributed by atoms with van der Waals surface area (Å²) in [7, 11) is 4.62. The van der Waals surface area contributed by atoms with Gasteiger partial charge in [0.2, 0.25) is 0 Å².